The molecule has 3 aliphatic rings. The number of benzene rings is 3. The molecule has 3 aromatic carbocycles. The van der Waals surface area contributed by atoms with Crippen molar-refractivity contribution in [3.05, 3.63) is 141 Å². The van der Waals surface area contributed by atoms with Crippen LogP contribution in [0.25, 0.3) is 5.57 Å². The van der Waals surface area contributed by atoms with E-state index in [4.69, 9.17) is 4.99 Å². The molecule has 0 unspecified atom stereocenters. The minimum Gasteiger partial charge on any atom is -0.248 e. The fourth-order valence-electron chi connectivity index (χ4n) is 6.92. The van der Waals surface area contributed by atoms with Crippen LogP contribution in [0.3, 0.4) is 0 Å². The van der Waals surface area contributed by atoms with Gasteiger partial charge in [-0.3, -0.25) is 0 Å². The first-order chi connectivity index (χ1) is 21.9. The molecule has 0 spiro atoms. The summed E-state index contributed by atoms with van der Waals surface area (Å²) in [6.45, 7) is 12.7. The minimum atomic E-state index is -0.0332. The molecule has 230 valence electrons. The Hall–Kier alpha value is -3.69. The highest BCUT2D eigenvalue weighted by molar-refractivity contribution is 8.03. The largest absolute Gasteiger partial charge is 0.248 e. The molecule has 0 atom stereocenters. The van der Waals surface area contributed by atoms with Crippen molar-refractivity contribution in [3.63, 3.8) is 0 Å². The molecule has 0 N–H and O–H groups in total. The van der Waals surface area contributed by atoms with Gasteiger partial charge in [-0.15, -0.1) is 0 Å². The zero-order valence-corrected chi connectivity index (χ0v) is 28.5. The monoisotopic (exact) mass is 611 g/mol. The molecule has 0 fully saturated rings. The first-order valence-corrected chi connectivity index (χ1v) is 17.7. The molecule has 0 radical (unpaired) electrons. The van der Waals surface area contributed by atoms with Gasteiger partial charge in [0.05, 0.1) is 16.5 Å². The van der Waals surface area contributed by atoms with Gasteiger partial charge in [0.2, 0.25) is 5.69 Å². The maximum atomic E-state index is 5.11. The number of fused-ring (bicyclic) bond motifs is 2. The van der Waals surface area contributed by atoms with Gasteiger partial charge in [-0.05, 0) is 92.9 Å². The van der Waals surface area contributed by atoms with Crippen LogP contribution in [-0.2, 0) is 5.41 Å². The van der Waals surface area contributed by atoms with Gasteiger partial charge >= 0.3 is 0 Å². The molecule has 0 saturated carbocycles. The van der Waals surface area contributed by atoms with E-state index < -0.39 is 0 Å². The zero-order valence-electron chi connectivity index (χ0n) is 27.6. The van der Waals surface area contributed by atoms with Gasteiger partial charge in [-0.25, -0.2) is 4.99 Å². The number of hydrogen-bond donors (Lipinski definition) is 0. The first kappa shape index (κ1) is 31.3. The van der Waals surface area contributed by atoms with Gasteiger partial charge in [0.1, 0.15) is 6.54 Å². The number of rotatable bonds is 10. The third kappa shape index (κ3) is 6.65. The molecule has 6 rings (SSSR count). The van der Waals surface area contributed by atoms with E-state index in [1.807, 2.05) is 11.8 Å². The van der Waals surface area contributed by atoms with Gasteiger partial charge in [-0.2, -0.15) is 4.58 Å². The average molecular weight is 612 g/mol. The topological polar surface area (TPSA) is 15.4 Å². The molecule has 1 aliphatic carbocycles. The summed E-state index contributed by atoms with van der Waals surface area (Å²) in [7, 11) is 0. The lowest BCUT2D eigenvalue weighted by atomic mass is 9.81. The van der Waals surface area contributed by atoms with E-state index >= 15 is 0 Å². The summed E-state index contributed by atoms with van der Waals surface area (Å²) in [5.41, 5.74) is 9.52. The predicted octanol–water partition coefficient (Wildman–Crippen LogP) is 9.99. The minimum absolute atomic E-state index is 0.0332. The second-order valence-electron chi connectivity index (χ2n) is 13.4. The molecule has 0 saturated heterocycles. The van der Waals surface area contributed by atoms with Crippen LogP contribution in [0.4, 0.5) is 5.69 Å². The van der Waals surface area contributed by atoms with Crippen LogP contribution in [0.5, 0.6) is 0 Å². The van der Waals surface area contributed by atoms with E-state index in [9.17, 15) is 0 Å². The van der Waals surface area contributed by atoms with Crippen molar-refractivity contribution in [1.82, 2.24) is 0 Å². The van der Waals surface area contributed by atoms with Crippen molar-refractivity contribution in [2.75, 3.05) is 6.54 Å². The Morgan fingerprint density at radius 3 is 2.44 bits per heavy atom. The number of hydrogen-bond acceptors (Lipinski definition) is 2. The number of allylic oxidation sites excluding steroid dienone is 7. The lowest BCUT2D eigenvalue weighted by Gasteiger charge is -2.22. The molecular formula is C42H47N2S+. The molecule has 0 bridgehead atoms. The van der Waals surface area contributed by atoms with Gasteiger partial charge in [-0.1, -0.05) is 99.3 Å². The van der Waals surface area contributed by atoms with Crippen molar-refractivity contribution < 1.29 is 4.58 Å². The Labute approximate surface area is 274 Å². The Morgan fingerprint density at radius 1 is 0.889 bits per heavy atom. The fourth-order valence-corrected chi connectivity index (χ4v) is 8.05. The second kappa shape index (κ2) is 13.7. The highest BCUT2D eigenvalue weighted by atomic mass is 32.2. The van der Waals surface area contributed by atoms with E-state index in [1.54, 1.807) is 0 Å². The summed E-state index contributed by atoms with van der Waals surface area (Å²) < 4.78 is 2.55. The van der Waals surface area contributed by atoms with Crippen LogP contribution in [0.1, 0.15) is 78.7 Å². The van der Waals surface area contributed by atoms with Crippen molar-refractivity contribution >= 4 is 28.7 Å². The van der Waals surface area contributed by atoms with E-state index in [0.717, 1.165) is 49.7 Å². The van der Waals surface area contributed by atoms with Crippen LogP contribution in [0, 0.1) is 5.92 Å². The highest BCUT2D eigenvalue weighted by Gasteiger charge is 2.43. The standard InChI is InChI=1S/C42H47N2S/c1-6-29-44-39-22-13-11-20-36(39)42(4,5)40(44)28-25-32-16-14-15-31(41(32)45-33-17-8-7-9-18-33)24-27-38-35(26-23-30(2)3)34-19-10-12-21-37(34)43-38/h7-13,17-22,24-25,27-28,30H,6,14-16,23,26,29H2,1-5H3/q+1. The first-order valence-electron chi connectivity index (χ1n) is 16.8. The van der Waals surface area contributed by atoms with Crippen LogP contribution < -0.4 is 10.6 Å². The molecule has 3 heteroatoms. The molecule has 2 heterocycles. The Kier molecular flexibility index (Phi) is 9.56. The Morgan fingerprint density at radius 2 is 1.64 bits per heavy atom. The van der Waals surface area contributed by atoms with Crippen molar-refractivity contribution in [1.29, 1.82) is 0 Å². The van der Waals surface area contributed by atoms with Gasteiger partial charge in [0.25, 0.3) is 0 Å². The summed E-state index contributed by atoms with van der Waals surface area (Å²) >= 11 is 1.92. The van der Waals surface area contributed by atoms with Crippen LogP contribution in [-0.4, -0.2) is 16.8 Å². The second-order valence-corrected chi connectivity index (χ2v) is 14.5. The average Bonchev–Trinajstić information content (AvgIpc) is 3.50. The van der Waals surface area contributed by atoms with Crippen LogP contribution in [0.2, 0.25) is 0 Å². The molecule has 0 amide bonds. The molecule has 0 aromatic heterocycles. The Bertz CT molecular complexity index is 1850. The van der Waals surface area contributed by atoms with Crippen LogP contribution >= 0.6 is 11.8 Å². The summed E-state index contributed by atoms with van der Waals surface area (Å²) in [5, 5.41) is 2.41. The normalized spacial score (nSPS) is 19.3. The quantitative estimate of drug-likeness (QED) is 0.208. The Balaban J connectivity index is 1.42. The molecule has 2 aliphatic heterocycles. The lowest BCUT2D eigenvalue weighted by molar-refractivity contribution is -0.437. The zero-order chi connectivity index (χ0) is 31.4. The summed E-state index contributed by atoms with van der Waals surface area (Å²) in [6, 6.07) is 28.5. The third-order valence-electron chi connectivity index (χ3n) is 9.32. The van der Waals surface area contributed by atoms with Crippen molar-refractivity contribution in [2.45, 2.75) is 83.5 Å². The highest BCUT2D eigenvalue weighted by Crippen LogP contribution is 2.43. The summed E-state index contributed by atoms with van der Waals surface area (Å²) in [5.74, 6) is 0.665. The number of thioether (sulfide) groups is 1. The van der Waals surface area contributed by atoms with E-state index in [1.165, 1.54) is 55.1 Å². The SMILES string of the molecule is CCC[N+]1=C(C=CC2=C(Sc3ccccc3)C(=CC=C3N=c4ccccc4=C3CCC(C)C)CCC2)C(C)(C)c2ccccc21. The van der Waals surface area contributed by atoms with E-state index in [-0.39, 0.29) is 5.41 Å². The van der Waals surface area contributed by atoms with E-state index in [2.05, 4.69) is 142 Å². The number of para-hydroxylation sites is 2. The van der Waals surface area contributed by atoms with Crippen molar-refractivity contribution in [3.8, 4) is 0 Å². The van der Waals surface area contributed by atoms with Gasteiger partial charge < -0.3 is 0 Å². The lowest BCUT2D eigenvalue weighted by Crippen LogP contribution is -2.27. The van der Waals surface area contributed by atoms with Gasteiger partial charge in [0, 0.05) is 39.1 Å². The summed E-state index contributed by atoms with van der Waals surface area (Å²) in [6.07, 6.45) is 16.2. The fraction of sp³-hybridized carbons (Fsp3) is 0.333. The molecule has 3 aromatic rings. The third-order valence-corrected chi connectivity index (χ3v) is 10.6. The van der Waals surface area contributed by atoms with Gasteiger partial charge in [0.15, 0.2) is 5.71 Å². The molecule has 45 heavy (non-hydrogen) atoms. The summed E-state index contributed by atoms with van der Waals surface area (Å²) in [4.78, 5) is 7.79. The smallest absolute Gasteiger partial charge is 0.209 e. The van der Waals surface area contributed by atoms with E-state index in [0.29, 0.717) is 5.92 Å². The molecular weight excluding hydrogens is 565 g/mol. The maximum absolute atomic E-state index is 5.11. The number of nitrogens with zero attached hydrogens (tertiary/aromatic N) is 2. The molecule has 2 nitrogen and oxygen atoms in total. The van der Waals surface area contributed by atoms with Crippen molar-refractivity contribution in [2.24, 2.45) is 10.9 Å². The predicted molar refractivity (Wildman–Crippen MR) is 193 cm³/mol. The maximum Gasteiger partial charge on any atom is 0.209 e. The van der Waals surface area contributed by atoms with Crippen LogP contribution in [0.15, 0.2) is 135 Å².